The zero-order valence-electron chi connectivity index (χ0n) is 12.1. The molecule has 3 heteroatoms. The SMILES string of the molecule is CCCCC[C@]12O[C@H]1CC[C@H]2OCc1ccccc1F. The van der Waals surface area contributed by atoms with E-state index in [-0.39, 0.29) is 17.5 Å². The molecule has 1 aromatic rings. The summed E-state index contributed by atoms with van der Waals surface area (Å²) in [4.78, 5) is 0. The van der Waals surface area contributed by atoms with E-state index in [4.69, 9.17) is 9.47 Å². The van der Waals surface area contributed by atoms with E-state index in [2.05, 4.69) is 6.92 Å². The maximum Gasteiger partial charge on any atom is 0.128 e. The van der Waals surface area contributed by atoms with Crippen molar-refractivity contribution in [2.45, 2.75) is 69.9 Å². The van der Waals surface area contributed by atoms with E-state index in [1.54, 1.807) is 12.1 Å². The zero-order valence-corrected chi connectivity index (χ0v) is 12.1. The number of ether oxygens (including phenoxy) is 2. The molecule has 2 fully saturated rings. The average molecular weight is 278 g/mol. The molecule has 0 unspecified atom stereocenters. The Kier molecular flexibility index (Phi) is 4.08. The fraction of sp³-hybridized carbons (Fsp3) is 0.647. The average Bonchev–Trinajstić information content (AvgIpc) is 3.06. The highest BCUT2D eigenvalue weighted by Crippen LogP contribution is 2.54. The van der Waals surface area contributed by atoms with Crippen molar-refractivity contribution in [3.05, 3.63) is 35.6 Å². The third kappa shape index (κ3) is 2.61. The van der Waals surface area contributed by atoms with Crippen LogP contribution in [0.25, 0.3) is 0 Å². The summed E-state index contributed by atoms with van der Waals surface area (Å²) in [7, 11) is 0. The maximum absolute atomic E-state index is 13.6. The molecule has 0 aromatic heterocycles. The van der Waals surface area contributed by atoms with E-state index < -0.39 is 0 Å². The molecule has 3 rings (SSSR count). The number of halogens is 1. The first-order chi connectivity index (χ1) is 9.76. The molecule has 2 nitrogen and oxygen atoms in total. The first-order valence-corrected chi connectivity index (χ1v) is 7.79. The molecular formula is C17H23FO2. The Bertz CT molecular complexity index is 462. The van der Waals surface area contributed by atoms with Crippen molar-refractivity contribution in [1.82, 2.24) is 0 Å². The van der Waals surface area contributed by atoms with Crippen molar-refractivity contribution in [3.63, 3.8) is 0 Å². The monoisotopic (exact) mass is 278 g/mol. The maximum atomic E-state index is 13.6. The number of epoxide rings is 1. The van der Waals surface area contributed by atoms with Gasteiger partial charge in [0.2, 0.25) is 0 Å². The molecule has 2 aliphatic rings. The van der Waals surface area contributed by atoms with Gasteiger partial charge in [-0.05, 0) is 25.3 Å². The molecule has 1 saturated heterocycles. The van der Waals surface area contributed by atoms with Crippen molar-refractivity contribution in [2.75, 3.05) is 0 Å². The molecule has 0 N–H and O–H groups in total. The zero-order chi connectivity index (χ0) is 14.0. The van der Waals surface area contributed by atoms with E-state index in [1.807, 2.05) is 6.07 Å². The Morgan fingerprint density at radius 3 is 2.90 bits per heavy atom. The lowest BCUT2D eigenvalue weighted by molar-refractivity contribution is -0.0223. The van der Waals surface area contributed by atoms with Gasteiger partial charge in [-0.1, -0.05) is 44.4 Å². The van der Waals surface area contributed by atoms with Gasteiger partial charge in [0.15, 0.2) is 0 Å². The Balaban J connectivity index is 1.56. The number of rotatable bonds is 7. The van der Waals surface area contributed by atoms with Gasteiger partial charge >= 0.3 is 0 Å². The van der Waals surface area contributed by atoms with Gasteiger partial charge < -0.3 is 9.47 Å². The summed E-state index contributed by atoms with van der Waals surface area (Å²) < 4.78 is 25.5. The Morgan fingerprint density at radius 1 is 1.30 bits per heavy atom. The molecule has 0 spiro atoms. The third-order valence-electron chi connectivity index (χ3n) is 4.65. The van der Waals surface area contributed by atoms with Crippen LogP contribution in [0, 0.1) is 5.82 Å². The molecule has 0 amide bonds. The fourth-order valence-electron chi connectivity index (χ4n) is 3.43. The first kappa shape index (κ1) is 14.0. The molecule has 110 valence electrons. The highest BCUT2D eigenvalue weighted by Gasteiger charge is 2.65. The molecule has 1 aromatic carbocycles. The van der Waals surface area contributed by atoms with E-state index in [9.17, 15) is 4.39 Å². The van der Waals surface area contributed by atoms with Crippen molar-refractivity contribution in [1.29, 1.82) is 0 Å². The van der Waals surface area contributed by atoms with Crippen molar-refractivity contribution in [3.8, 4) is 0 Å². The number of fused-ring (bicyclic) bond motifs is 1. The highest BCUT2D eigenvalue weighted by atomic mass is 19.1. The Morgan fingerprint density at radius 2 is 2.15 bits per heavy atom. The van der Waals surface area contributed by atoms with Gasteiger partial charge in [-0.3, -0.25) is 0 Å². The predicted octanol–water partition coefficient (Wildman–Crippen LogP) is 4.22. The number of hydrogen-bond acceptors (Lipinski definition) is 2. The van der Waals surface area contributed by atoms with Crippen LogP contribution in [0.3, 0.4) is 0 Å². The number of hydrogen-bond donors (Lipinski definition) is 0. The van der Waals surface area contributed by atoms with Crippen LogP contribution >= 0.6 is 0 Å². The molecular weight excluding hydrogens is 255 g/mol. The molecule has 20 heavy (non-hydrogen) atoms. The van der Waals surface area contributed by atoms with Gasteiger partial charge in [0.25, 0.3) is 0 Å². The minimum atomic E-state index is -0.182. The molecule has 3 atom stereocenters. The van der Waals surface area contributed by atoms with Gasteiger partial charge in [0.1, 0.15) is 11.4 Å². The Hall–Kier alpha value is -0.930. The molecule has 0 bridgehead atoms. The summed E-state index contributed by atoms with van der Waals surface area (Å²) in [5, 5.41) is 0. The molecule has 1 heterocycles. The molecule has 1 aliphatic carbocycles. The number of unbranched alkanes of at least 4 members (excludes halogenated alkanes) is 2. The largest absolute Gasteiger partial charge is 0.370 e. The summed E-state index contributed by atoms with van der Waals surface area (Å²) >= 11 is 0. The topological polar surface area (TPSA) is 21.8 Å². The lowest BCUT2D eigenvalue weighted by Crippen LogP contribution is -2.30. The van der Waals surface area contributed by atoms with E-state index >= 15 is 0 Å². The van der Waals surface area contributed by atoms with Crippen LogP contribution in [0.1, 0.15) is 51.0 Å². The van der Waals surface area contributed by atoms with E-state index in [0.717, 1.165) is 19.3 Å². The quantitative estimate of drug-likeness (QED) is 0.550. The summed E-state index contributed by atoms with van der Waals surface area (Å²) in [6.07, 6.45) is 7.44. The highest BCUT2D eigenvalue weighted by molar-refractivity contribution is 5.17. The van der Waals surface area contributed by atoms with Crippen LogP contribution < -0.4 is 0 Å². The normalized spacial score (nSPS) is 31.3. The molecule has 0 radical (unpaired) electrons. The standard InChI is InChI=1S/C17H23FO2/c1-2-3-6-11-17-15(9-10-16(17)20-17)19-12-13-7-4-5-8-14(13)18/h4-5,7-8,15-16H,2-3,6,9-12H2,1H3/t15-,16+,17-/m1/s1. The van der Waals surface area contributed by atoms with Crippen LogP contribution in [0.4, 0.5) is 4.39 Å². The lowest BCUT2D eigenvalue weighted by Gasteiger charge is -2.21. The fourth-order valence-corrected chi connectivity index (χ4v) is 3.43. The van der Waals surface area contributed by atoms with Crippen molar-refractivity contribution < 1.29 is 13.9 Å². The second-order valence-electron chi connectivity index (χ2n) is 5.99. The minimum Gasteiger partial charge on any atom is -0.370 e. The van der Waals surface area contributed by atoms with Crippen molar-refractivity contribution in [2.24, 2.45) is 0 Å². The molecule has 1 saturated carbocycles. The summed E-state index contributed by atoms with van der Waals surface area (Å²) in [6.45, 7) is 2.56. The van der Waals surface area contributed by atoms with Gasteiger partial charge in [0, 0.05) is 5.56 Å². The number of benzene rings is 1. The lowest BCUT2D eigenvalue weighted by atomic mass is 9.97. The second-order valence-corrected chi connectivity index (χ2v) is 5.99. The Labute approximate surface area is 120 Å². The summed E-state index contributed by atoms with van der Waals surface area (Å²) in [5.74, 6) is -0.182. The van der Waals surface area contributed by atoms with Crippen LogP contribution in [0.2, 0.25) is 0 Å². The van der Waals surface area contributed by atoms with Crippen LogP contribution in [-0.2, 0) is 16.1 Å². The first-order valence-electron chi connectivity index (χ1n) is 7.79. The molecule has 1 aliphatic heterocycles. The predicted molar refractivity (Wildman–Crippen MR) is 76.0 cm³/mol. The van der Waals surface area contributed by atoms with E-state index in [1.165, 1.54) is 25.3 Å². The smallest absolute Gasteiger partial charge is 0.128 e. The summed E-state index contributed by atoms with van der Waals surface area (Å²) in [5.41, 5.74) is 0.598. The van der Waals surface area contributed by atoms with Crippen LogP contribution in [-0.4, -0.2) is 17.8 Å². The minimum absolute atomic E-state index is 0.0412. The third-order valence-corrected chi connectivity index (χ3v) is 4.65. The van der Waals surface area contributed by atoms with Crippen LogP contribution in [0.5, 0.6) is 0 Å². The van der Waals surface area contributed by atoms with Crippen molar-refractivity contribution >= 4 is 0 Å². The second kappa shape index (κ2) is 5.82. The van der Waals surface area contributed by atoms with Gasteiger partial charge in [-0.15, -0.1) is 0 Å². The summed E-state index contributed by atoms with van der Waals surface area (Å²) in [6, 6.07) is 6.84. The van der Waals surface area contributed by atoms with Gasteiger partial charge in [-0.25, -0.2) is 4.39 Å². The van der Waals surface area contributed by atoms with Gasteiger partial charge in [0.05, 0.1) is 18.8 Å². The van der Waals surface area contributed by atoms with E-state index in [0.29, 0.717) is 18.3 Å². The van der Waals surface area contributed by atoms with Crippen LogP contribution in [0.15, 0.2) is 24.3 Å². The van der Waals surface area contributed by atoms with Gasteiger partial charge in [-0.2, -0.15) is 0 Å².